The molecular formula is C19H26N4O. The number of nitrogens with zero attached hydrogens (tertiary/aromatic N) is 3. The second kappa shape index (κ2) is 6.20. The van der Waals surface area contributed by atoms with Gasteiger partial charge in [-0.1, -0.05) is 6.92 Å². The van der Waals surface area contributed by atoms with Crippen molar-refractivity contribution in [1.29, 1.82) is 0 Å². The number of hydrogen-bond acceptors (Lipinski definition) is 3. The molecule has 0 bridgehead atoms. The maximum Gasteiger partial charge on any atom is 0.225 e. The van der Waals surface area contributed by atoms with Gasteiger partial charge >= 0.3 is 0 Å². The number of likely N-dealkylation sites (tertiary alicyclic amines) is 1. The van der Waals surface area contributed by atoms with Gasteiger partial charge in [0.05, 0.1) is 11.9 Å². The quantitative estimate of drug-likeness (QED) is 0.938. The largest absolute Gasteiger partial charge is 0.342 e. The van der Waals surface area contributed by atoms with Crippen molar-refractivity contribution in [3.05, 3.63) is 35.8 Å². The predicted molar refractivity (Wildman–Crippen MR) is 93.6 cm³/mol. The standard InChI is InChI=1S/C19H26N4O/c1-13-5-8-23-16(11-21-18(23)9-13)10-20-17-6-7-22(12-14(17)2)19(24)15-3-4-15/h5,8-9,11,14-15,17,20H,3-4,6-7,10,12H2,1-2H3/t14-,17+/m1/s1. The molecule has 1 saturated heterocycles. The number of hydrogen-bond donors (Lipinski definition) is 1. The number of imidazole rings is 1. The van der Waals surface area contributed by atoms with Crippen LogP contribution in [-0.2, 0) is 11.3 Å². The Morgan fingerprint density at radius 2 is 2.21 bits per heavy atom. The summed E-state index contributed by atoms with van der Waals surface area (Å²) in [6.07, 6.45) is 7.28. The van der Waals surface area contributed by atoms with Gasteiger partial charge in [0.25, 0.3) is 0 Å². The number of aryl methyl sites for hydroxylation is 1. The van der Waals surface area contributed by atoms with Crippen molar-refractivity contribution in [3.63, 3.8) is 0 Å². The molecular weight excluding hydrogens is 300 g/mol. The van der Waals surface area contributed by atoms with Crippen molar-refractivity contribution in [3.8, 4) is 0 Å². The van der Waals surface area contributed by atoms with E-state index in [-0.39, 0.29) is 0 Å². The van der Waals surface area contributed by atoms with Gasteiger partial charge in [-0.15, -0.1) is 0 Å². The zero-order valence-corrected chi connectivity index (χ0v) is 14.5. The Balaban J connectivity index is 1.36. The molecule has 5 heteroatoms. The number of amides is 1. The second-order valence-electron chi connectivity index (χ2n) is 7.49. The molecule has 0 radical (unpaired) electrons. The van der Waals surface area contributed by atoms with Crippen molar-refractivity contribution >= 4 is 11.6 Å². The first kappa shape index (κ1) is 15.6. The van der Waals surface area contributed by atoms with Crippen LogP contribution in [0.4, 0.5) is 0 Å². The molecule has 1 aliphatic heterocycles. The van der Waals surface area contributed by atoms with Gasteiger partial charge in [-0.2, -0.15) is 0 Å². The molecule has 1 aliphatic carbocycles. The van der Waals surface area contributed by atoms with Crippen LogP contribution in [0.1, 0.15) is 37.4 Å². The number of rotatable bonds is 4. The summed E-state index contributed by atoms with van der Waals surface area (Å²) in [6, 6.07) is 4.68. The number of carbonyl (C=O) groups excluding carboxylic acids is 1. The molecule has 2 aliphatic rings. The van der Waals surface area contributed by atoms with Gasteiger partial charge in [0.2, 0.25) is 5.91 Å². The highest BCUT2D eigenvalue weighted by atomic mass is 16.2. The maximum absolute atomic E-state index is 12.2. The lowest BCUT2D eigenvalue weighted by Crippen LogP contribution is -2.50. The fourth-order valence-electron chi connectivity index (χ4n) is 3.74. The van der Waals surface area contributed by atoms with Gasteiger partial charge < -0.3 is 14.6 Å². The Kier molecular flexibility index (Phi) is 4.04. The van der Waals surface area contributed by atoms with E-state index in [1.54, 1.807) is 0 Å². The molecule has 24 heavy (non-hydrogen) atoms. The molecule has 0 aromatic carbocycles. The highest BCUT2D eigenvalue weighted by molar-refractivity contribution is 5.81. The Hall–Kier alpha value is -1.88. The van der Waals surface area contributed by atoms with E-state index in [4.69, 9.17) is 0 Å². The molecule has 1 N–H and O–H groups in total. The summed E-state index contributed by atoms with van der Waals surface area (Å²) >= 11 is 0. The monoisotopic (exact) mass is 326 g/mol. The van der Waals surface area contributed by atoms with Crippen LogP contribution in [0.2, 0.25) is 0 Å². The molecule has 2 atom stereocenters. The summed E-state index contributed by atoms with van der Waals surface area (Å²) in [6.45, 7) is 6.94. The Labute approximate surface area is 143 Å². The third kappa shape index (κ3) is 3.05. The fourth-order valence-corrected chi connectivity index (χ4v) is 3.74. The predicted octanol–water partition coefficient (Wildman–Crippen LogP) is 2.38. The summed E-state index contributed by atoms with van der Waals surface area (Å²) in [4.78, 5) is 18.8. The van der Waals surface area contributed by atoms with E-state index in [0.29, 0.717) is 23.8 Å². The van der Waals surface area contributed by atoms with Crippen LogP contribution in [0.15, 0.2) is 24.5 Å². The van der Waals surface area contributed by atoms with Crippen molar-refractivity contribution in [1.82, 2.24) is 19.6 Å². The number of fused-ring (bicyclic) bond motifs is 1. The normalized spacial score (nSPS) is 24.5. The molecule has 0 unspecified atom stereocenters. The van der Waals surface area contributed by atoms with E-state index in [9.17, 15) is 4.79 Å². The third-order valence-corrected chi connectivity index (χ3v) is 5.43. The van der Waals surface area contributed by atoms with E-state index >= 15 is 0 Å². The molecule has 0 spiro atoms. The summed E-state index contributed by atoms with van der Waals surface area (Å²) in [5.41, 5.74) is 3.42. The van der Waals surface area contributed by atoms with Crippen LogP contribution in [-0.4, -0.2) is 39.3 Å². The highest BCUT2D eigenvalue weighted by Gasteiger charge is 2.36. The minimum atomic E-state index is 0.336. The summed E-state index contributed by atoms with van der Waals surface area (Å²) < 4.78 is 2.15. The van der Waals surface area contributed by atoms with E-state index in [1.165, 1.54) is 11.3 Å². The number of carbonyl (C=O) groups is 1. The molecule has 4 rings (SSSR count). The second-order valence-corrected chi connectivity index (χ2v) is 7.49. The average Bonchev–Trinajstić information content (AvgIpc) is 3.35. The van der Waals surface area contributed by atoms with Crippen LogP contribution < -0.4 is 5.32 Å². The number of pyridine rings is 1. The lowest BCUT2D eigenvalue weighted by Gasteiger charge is -2.37. The molecule has 128 valence electrons. The third-order valence-electron chi connectivity index (χ3n) is 5.43. The summed E-state index contributed by atoms with van der Waals surface area (Å²) in [5.74, 6) is 1.21. The van der Waals surface area contributed by atoms with Crippen LogP contribution in [0.5, 0.6) is 0 Å². The van der Waals surface area contributed by atoms with Crippen LogP contribution >= 0.6 is 0 Å². The van der Waals surface area contributed by atoms with Crippen molar-refractivity contribution in [2.45, 2.75) is 45.7 Å². The van der Waals surface area contributed by atoms with E-state index in [1.807, 2.05) is 6.20 Å². The van der Waals surface area contributed by atoms with Gasteiger partial charge in [0, 0.05) is 37.8 Å². The molecule has 2 aromatic heterocycles. The van der Waals surface area contributed by atoms with Crippen LogP contribution in [0.3, 0.4) is 0 Å². The molecule has 1 saturated carbocycles. The number of piperidine rings is 1. The lowest BCUT2D eigenvalue weighted by molar-refractivity contribution is -0.134. The molecule has 1 amide bonds. The summed E-state index contributed by atoms with van der Waals surface area (Å²) in [7, 11) is 0. The van der Waals surface area contributed by atoms with Gasteiger partial charge in [-0.05, 0) is 49.8 Å². The van der Waals surface area contributed by atoms with E-state index < -0.39 is 0 Å². The zero-order valence-electron chi connectivity index (χ0n) is 14.5. The number of aromatic nitrogens is 2. The van der Waals surface area contributed by atoms with Crippen molar-refractivity contribution in [2.75, 3.05) is 13.1 Å². The molecule has 2 fully saturated rings. The van der Waals surface area contributed by atoms with Gasteiger partial charge in [-0.3, -0.25) is 4.79 Å². The maximum atomic E-state index is 12.2. The highest BCUT2D eigenvalue weighted by Crippen LogP contribution is 2.32. The van der Waals surface area contributed by atoms with Crippen molar-refractivity contribution in [2.24, 2.45) is 11.8 Å². The SMILES string of the molecule is Cc1ccn2c(CN[C@H]3CCN(C(=O)C4CC4)C[C@H]3C)cnc2c1. The molecule has 2 aromatic rings. The zero-order chi connectivity index (χ0) is 16.7. The van der Waals surface area contributed by atoms with Gasteiger partial charge in [0.1, 0.15) is 5.65 Å². The smallest absolute Gasteiger partial charge is 0.225 e. The molecule has 3 heterocycles. The Morgan fingerprint density at radius 1 is 1.38 bits per heavy atom. The Bertz CT molecular complexity index is 749. The number of nitrogens with one attached hydrogen (secondary N) is 1. The average molecular weight is 326 g/mol. The summed E-state index contributed by atoms with van der Waals surface area (Å²) in [5, 5.41) is 3.69. The Morgan fingerprint density at radius 3 is 2.96 bits per heavy atom. The van der Waals surface area contributed by atoms with Gasteiger partial charge in [-0.25, -0.2) is 4.98 Å². The first-order valence-corrected chi connectivity index (χ1v) is 9.06. The van der Waals surface area contributed by atoms with E-state index in [2.05, 4.69) is 51.8 Å². The van der Waals surface area contributed by atoms with Crippen LogP contribution in [0.25, 0.3) is 5.65 Å². The minimum Gasteiger partial charge on any atom is -0.342 e. The fraction of sp³-hybridized carbons (Fsp3) is 0.579. The first-order chi connectivity index (χ1) is 11.6. The topological polar surface area (TPSA) is 49.6 Å². The lowest BCUT2D eigenvalue weighted by atomic mass is 9.93. The minimum absolute atomic E-state index is 0.336. The first-order valence-electron chi connectivity index (χ1n) is 9.06. The molecule has 5 nitrogen and oxygen atoms in total. The van der Waals surface area contributed by atoms with Crippen molar-refractivity contribution < 1.29 is 4.79 Å². The van der Waals surface area contributed by atoms with Gasteiger partial charge in [0.15, 0.2) is 0 Å². The van der Waals surface area contributed by atoms with Crippen LogP contribution in [0, 0.1) is 18.8 Å². The van der Waals surface area contributed by atoms with E-state index in [0.717, 1.165) is 44.5 Å².